The minimum absolute atomic E-state index is 0.0440. The Kier molecular flexibility index (Phi) is 5.77. The van der Waals surface area contributed by atoms with Gasteiger partial charge in [-0.25, -0.2) is 4.98 Å². The number of hydrogen-bond acceptors (Lipinski definition) is 7. The van der Waals surface area contributed by atoms with Gasteiger partial charge in [-0.15, -0.1) is 0 Å². The Morgan fingerprint density at radius 3 is 2.65 bits per heavy atom. The molecule has 0 radical (unpaired) electrons. The number of benzene rings is 2. The SMILES string of the molecule is O=[N+]([O-])c1cccc(SNc2cccc(Nc3nc(Cl)ncc3Cl)c2)c1. The monoisotopic (exact) mass is 407 g/mol. The molecule has 1 heterocycles. The number of nitro benzene ring substituents is 1. The van der Waals surface area contributed by atoms with Gasteiger partial charge in [0.05, 0.1) is 11.1 Å². The van der Waals surface area contributed by atoms with Gasteiger partial charge < -0.3 is 10.0 Å². The molecule has 0 aliphatic rings. The fourth-order valence-corrected chi connectivity index (χ4v) is 2.97. The van der Waals surface area contributed by atoms with Gasteiger partial charge in [0.1, 0.15) is 5.02 Å². The van der Waals surface area contributed by atoms with Crippen LogP contribution >= 0.6 is 35.1 Å². The molecule has 1 aromatic heterocycles. The molecule has 0 atom stereocenters. The molecule has 0 aliphatic heterocycles. The molecule has 0 fully saturated rings. The molecule has 0 aliphatic carbocycles. The van der Waals surface area contributed by atoms with Crippen LogP contribution < -0.4 is 10.0 Å². The van der Waals surface area contributed by atoms with Gasteiger partial charge in [0, 0.05) is 28.4 Å². The number of non-ortho nitro benzene ring substituents is 1. The maximum atomic E-state index is 10.8. The number of hydrogen-bond donors (Lipinski definition) is 2. The molecule has 0 saturated carbocycles. The number of nitrogens with one attached hydrogen (secondary N) is 2. The topological polar surface area (TPSA) is 93.0 Å². The van der Waals surface area contributed by atoms with Crippen LogP contribution in [0.3, 0.4) is 0 Å². The van der Waals surface area contributed by atoms with Gasteiger partial charge >= 0.3 is 0 Å². The summed E-state index contributed by atoms with van der Waals surface area (Å²) < 4.78 is 3.14. The predicted octanol–water partition coefficient (Wildman–Crippen LogP) is 5.55. The third-order valence-electron chi connectivity index (χ3n) is 3.16. The van der Waals surface area contributed by atoms with Crippen LogP contribution in [0.25, 0.3) is 0 Å². The molecule has 2 aromatic carbocycles. The van der Waals surface area contributed by atoms with Crippen molar-refractivity contribution < 1.29 is 4.92 Å². The molecule has 132 valence electrons. The Bertz CT molecular complexity index is 957. The van der Waals surface area contributed by atoms with Crippen LogP contribution in [0.15, 0.2) is 59.6 Å². The Labute approximate surface area is 163 Å². The van der Waals surface area contributed by atoms with Crippen molar-refractivity contribution in [3.05, 3.63) is 75.1 Å². The molecule has 3 aromatic rings. The lowest BCUT2D eigenvalue weighted by molar-refractivity contribution is -0.385. The lowest BCUT2D eigenvalue weighted by Crippen LogP contribution is -1.97. The van der Waals surface area contributed by atoms with E-state index in [0.717, 1.165) is 16.3 Å². The first-order valence-corrected chi connectivity index (χ1v) is 8.81. The summed E-state index contributed by atoms with van der Waals surface area (Å²) in [5.74, 6) is 0.398. The number of anilines is 3. The van der Waals surface area contributed by atoms with Gasteiger partial charge in [-0.05, 0) is 47.8 Å². The van der Waals surface area contributed by atoms with Gasteiger partial charge in [-0.1, -0.05) is 23.7 Å². The van der Waals surface area contributed by atoms with Crippen molar-refractivity contribution in [1.82, 2.24) is 9.97 Å². The van der Waals surface area contributed by atoms with E-state index in [-0.39, 0.29) is 11.0 Å². The lowest BCUT2D eigenvalue weighted by Gasteiger charge is -2.10. The third-order valence-corrected chi connectivity index (χ3v) is 4.44. The summed E-state index contributed by atoms with van der Waals surface area (Å²) in [5.41, 5.74) is 1.58. The summed E-state index contributed by atoms with van der Waals surface area (Å²) in [6.45, 7) is 0. The van der Waals surface area contributed by atoms with Crippen LogP contribution in [0, 0.1) is 10.1 Å². The summed E-state index contributed by atoms with van der Waals surface area (Å²) >= 11 is 13.1. The highest BCUT2D eigenvalue weighted by atomic mass is 35.5. The zero-order valence-electron chi connectivity index (χ0n) is 13.0. The van der Waals surface area contributed by atoms with Crippen molar-refractivity contribution in [3.8, 4) is 0 Å². The Morgan fingerprint density at radius 1 is 1.08 bits per heavy atom. The minimum Gasteiger partial charge on any atom is -0.339 e. The van der Waals surface area contributed by atoms with Crippen LogP contribution in [0.1, 0.15) is 0 Å². The summed E-state index contributed by atoms with van der Waals surface area (Å²) in [5, 5.41) is 14.3. The molecule has 10 heteroatoms. The molecule has 0 spiro atoms. The summed E-state index contributed by atoms with van der Waals surface area (Å²) in [7, 11) is 0. The number of nitro groups is 1. The quantitative estimate of drug-likeness (QED) is 0.239. The smallest absolute Gasteiger partial charge is 0.270 e. The summed E-state index contributed by atoms with van der Waals surface area (Å²) in [4.78, 5) is 19.0. The predicted molar refractivity (Wildman–Crippen MR) is 104 cm³/mol. The third kappa shape index (κ3) is 4.75. The molecular formula is C16H11Cl2N5O2S. The maximum absolute atomic E-state index is 10.8. The van der Waals surface area contributed by atoms with E-state index < -0.39 is 4.92 Å². The summed E-state index contributed by atoms with van der Waals surface area (Å²) in [6, 6.07) is 13.8. The maximum Gasteiger partial charge on any atom is 0.270 e. The van der Waals surface area contributed by atoms with Gasteiger partial charge in [0.2, 0.25) is 5.28 Å². The molecule has 0 bridgehead atoms. The fourth-order valence-electron chi connectivity index (χ4n) is 2.01. The van der Waals surface area contributed by atoms with Crippen LogP contribution in [0.4, 0.5) is 22.9 Å². The highest BCUT2D eigenvalue weighted by molar-refractivity contribution is 8.00. The molecule has 0 saturated heterocycles. The molecule has 0 unspecified atom stereocenters. The molecule has 7 nitrogen and oxygen atoms in total. The molecular weight excluding hydrogens is 397 g/mol. The average molecular weight is 408 g/mol. The van der Waals surface area contributed by atoms with Gasteiger partial charge in [-0.3, -0.25) is 10.1 Å². The van der Waals surface area contributed by atoms with Crippen LogP contribution in [-0.2, 0) is 0 Å². The first kappa shape index (κ1) is 18.2. The van der Waals surface area contributed by atoms with Crippen molar-refractivity contribution in [1.29, 1.82) is 0 Å². The summed E-state index contributed by atoms with van der Waals surface area (Å²) in [6.07, 6.45) is 1.42. The number of nitrogens with zero attached hydrogens (tertiary/aromatic N) is 3. The van der Waals surface area contributed by atoms with E-state index in [2.05, 4.69) is 20.0 Å². The number of halogens is 2. The van der Waals surface area contributed by atoms with Crippen LogP contribution in [0.5, 0.6) is 0 Å². The molecule has 26 heavy (non-hydrogen) atoms. The first-order valence-electron chi connectivity index (χ1n) is 7.24. The van der Waals surface area contributed by atoms with Crippen molar-refractivity contribution in [2.75, 3.05) is 10.0 Å². The molecule has 0 amide bonds. The Balaban J connectivity index is 1.70. The van der Waals surface area contributed by atoms with E-state index in [0.29, 0.717) is 10.8 Å². The minimum atomic E-state index is -0.425. The van der Waals surface area contributed by atoms with Crippen molar-refractivity contribution in [2.45, 2.75) is 4.90 Å². The van der Waals surface area contributed by atoms with Crippen LogP contribution in [0.2, 0.25) is 10.3 Å². The van der Waals surface area contributed by atoms with E-state index in [4.69, 9.17) is 23.2 Å². The van der Waals surface area contributed by atoms with Gasteiger partial charge in [0.25, 0.3) is 5.69 Å². The zero-order valence-corrected chi connectivity index (χ0v) is 15.3. The van der Waals surface area contributed by atoms with E-state index in [1.54, 1.807) is 12.1 Å². The Morgan fingerprint density at radius 2 is 1.85 bits per heavy atom. The van der Waals surface area contributed by atoms with Gasteiger partial charge in [0.15, 0.2) is 5.82 Å². The highest BCUT2D eigenvalue weighted by Crippen LogP contribution is 2.28. The van der Waals surface area contributed by atoms with Crippen molar-refractivity contribution in [3.63, 3.8) is 0 Å². The average Bonchev–Trinajstić information content (AvgIpc) is 2.64. The van der Waals surface area contributed by atoms with E-state index in [1.165, 1.54) is 30.3 Å². The van der Waals surface area contributed by atoms with Crippen molar-refractivity contribution >= 4 is 58.0 Å². The standard InChI is InChI=1S/C16H11Cl2N5O2S/c17-14-9-19-16(18)21-15(14)20-10-3-1-4-11(7-10)22-26-13-6-2-5-12(8-13)23(24)25/h1-9,22H,(H,19,20,21). The van der Waals surface area contributed by atoms with E-state index >= 15 is 0 Å². The second kappa shape index (κ2) is 8.22. The Hall–Kier alpha value is -2.55. The molecule has 3 rings (SSSR count). The van der Waals surface area contributed by atoms with E-state index in [1.807, 2.05) is 24.3 Å². The first-order chi connectivity index (χ1) is 12.5. The fraction of sp³-hybridized carbons (Fsp3) is 0. The van der Waals surface area contributed by atoms with Gasteiger partial charge in [-0.2, -0.15) is 4.98 Å². The second-order valence-electron chi connectivity index (χ2n) is 5.00. The normalized spacial score (nSPS) is 10.4. The van der Waals surface area contributed by atoms with Crippen LogP contribution in [-0.4, -0.2) is 14.9 Å². The zero-order chi connectivity index (χ0) is 18.5. The number of aromatic nitrogens is 2. The lowest BCUT2D eigenvalue weighted by atomic mass is 10.3. The van der Waals surface area contributed by atoms with Crippen molar-refractivity contribution in [2.24, 2.45) is 0 Å². The largest absolute Gasteiger partial charge is 0.339 e. The van der Waals surface area contributed by atoms with E-state index in [9.17, 15) is 10.1 Å². The highest BCUT2D eigenvalue weighted by Gasteiger charge is 2.07. The molecule has 2 N–H and O–H groups in total. The second-order valence-corrected chi connectivity index (χ2v) is 6.62. The number of rotatable bonds is 6.